The summed E-state index contributed by atoms with van der Waals surface area (Å²) in [6, 6.07) is 18.0. The van der Waals surface area contributed by atoms with Crippen LogP contribution in [0.2, 0.25) is 0 Å². The molecule has 25 heavy (non-hydrogen) atoms. The summed E-state index contributed by atoms with van der Waals surface area (Å²) in [4.78, 5) is 26.2. The summed E-state index contributed by atoms with van der Waals surface area (Å²) >= 11 is 0. The number of nitrogens with zero attached hydrogens (tertiary/aromatic N) is 1. The standard InChI is InChI=1S/C21H22N2O2/c24-20-13-16(14-23(20)19-4-2-1-3-5-19)12-15-6-8-17(9-7-15)21(25)22-18-10-11-18/h1-9,16,18H,10-14H2,(H,22,25)/t16-/m0/s1. The summed E-state index contributed by atoms with van der Waals surface area (Å²) in [5.74, 6) is 0.524. The normalized spacial score (nSPS) is 19.9. The van der Waals surface area contributed by atoms with Crippen molar-refractivity contribution in [3.05, 3.63) is 65.7 Å². The van der Waals surface area contributed by atoms with E-state index in [1.807, 2.05) is 59.5 Å². The van der Waals surface area contributed by atoms with Gasteiger partial charge in [-0.15, -0.1) is 0 Å². The number of hydrogen-bond donors (Lipinski definition) is 1. The topological polar surface area (TPSA) is 49.4 Å². The molecule has 4 nitrogen and oxygen atoms in total. The molecule has 1 atom stereocenters. The van der Waals surface area contributed by atoms with E-state index in [-0.39, 0.29) is 11.8 Å². The van der Waals surface area contributed by atoms with Crippen LogP contribution in [0.3, 0.4) is 0 Å². The number of nitrogens with one attached hydrogen (secondary N) is 1. The maximum absolute atomic E-state index is 12.3. The Labute approximate surface area is 147 Å². The van der Waals surface area contributed by atoms with Crippen LogP contribution >= 0.6 is 0 Å². The summed E-state index contributed by atoms with van der Waals surface area (Å²) in [7, 11) is 0. The third kappa shape index (κ3) is 3.73. The zero-order valence-corrected chi connectivity index (χ0v) is 14.2. The van der Waals surface area contributed by atoms with Crippen LogP contribution in [0.5, 0.6) is 0 Å². The van der Waals surface area contributed by atoms with E-state index >= 15 is 0 Å². The molecular formula is C21H22N2O2. The minimum Gasteiger partial charge on any atom is -0.349 e. The van der Waals surface area contributed by atoms with Crippen molar-refractivity contribution in [1.82, 2.24) is 5.32 Å². The van der Waals surface area contributed by atoms with Crippen molar-refractivity contribution in [3.63, 3.8) is 0 Å². The molecule has 1 aliphatic heterocycles. The van der Waals surface area contributed by atoms with E-state index in [9.17, 15) is 9.59 Å². The third-order valence-electron chi connectivity index (χ3n) is 4.93. The van der Waals surface area contributed by atoms with Gasteiger partial charge in [-0.25, -0.2) is 0 Å². The smallest absolute Gasteiger partial charge is 0.251 e. The first-order valence-electron chi connectivity index (χ1n) is 8.94. The number of benzene rings is 2. The van der Waals surface area contributed by atoms with Gasteiger partial charge in [-0.2, -0.15) is 0 Å². The van der Waals surface area contributed by atoms with Crippen molar-refractivity contribution in [2.24, 2.45) is 5.92 Å². The minimum absolute atomic E-state index is 0.0142. The van der Waals surface area contributed by atoms with Crippen LogP contribution in [0, 0.1) is 5.92 Å². The summed E-state index contributed by atoms with van der Waals surface area (Å²) in [5.41, 5.74) is 2.86. The molecule has 2 aromatic carbocycles. The zero-order chi connectivity index (χ0) is 17.2. The van der Waals surface area contributed by atoms with E-state index in [1.54, 1.807) is 0 Å². The van der Waals surface area contributed by atoms with Crippen LogP contribution in [0.4, 0.5) is 5.69 Å². The second kappa shape index (κ2) is 6.71. The van der Waals surface area contributed by atoms with Crippen molar-refractivity contribution < 1.29 is 9.59 Å². The summed E-state index contributed by atoms with van der Waals surface area (Å²) in [6.07, 6.45) is 3.63. The predicted octanol–water partition coefficient (Wildman–Crippen LogP) is 3.17. The molecule has 1 heterocycles. The van der Waals surface area contributed by atoms with Crippen LogP contribution in [-0.2, 0) is 11.2 Å². The molecule has 1 N–H and O–H groups in total. The fourth-order valence-corrected chi connectivity index (χ4v) is 3.40. The molecule has 0 spiro atoms. The van der Waals surface area contributed by atoms with E-state index in [0.29, 0.717) is 23.9 Å². The Morgan fingerprint density at radius 2 is 1.76 bits per heavy atom. The number of amides is 2. The van der Waals surface area contributed by atoms with E-state index < -0.39 is 0 Å². The van der Waals surface area contributed by atoms with E-state index in [2.05, 4.69) is 5.32 Å². The molecule has 2 aliphatic rings. The number of rotatable bonds is 5. The van der Waals surface area contributed by atoms with Crippen LogP contribution in [0.25, 0.3) is 0 Å². The molecule has 0 aromatic heterocycles. The van der Waals surface area contributed by atoms with Gasteiger partial charge in [0.1, 0.15) is 0 Å². The molecule has 1 saturated carbocycles. The van der Waals surface area contributed by atoms with Crippen LogP contribution < -0.4 is 10.2 Å². The molecule has 2 fully saturated rings. The monoisotopic (exact) mass is 334 g/mol. The first-order valence-corrected chi connectivity index (χ1v) is 8.94. The van der Waals surface area contributed by atoms with E-state index in [4.69, 9.17) is 0 Å². The third-order valence-corrected chi connectivity index (χ3v) is 4.93. The molecule has 0 radical (unpaired) electrons. The van der Waals surface area contributed by atoms with Crippen molar-refractivity contribution in [2.45, 2.75) is 31.7 Å². The molecule has 128 valence electrons. The SMILES string of the molecule is O=C(NC1CC1)c1ccc(C[C@H]2CC(=O)N(c3ccccc3)C2)cc1. The van der Waals surface area contributed by atoms with Gasteiger partial charge in [0.15, 0.2) is 0 Å². The highest BCUT2D eigenvalue weighted by atomic mass is 16.2. The first kappa shape index (κ1) is 15.9. The number of carbonyl (C=O) groups excluding carboxylic acids is 2. The second-order valence-corrected chi connectivity index (χ2v) is 7.06. The molecule has 1 aliphatic carbocycles. The Bertz CT molecular complexity index is 766. The summed E-state index contributed by atoms with van der Waals surface area (Å²) in [6.45, 7) is 0.757. The van der Waals surface area contributed by atoms with Gasteiger partial charge in [-0.1, -0.05) is 30.3 Å². The first-order chi connectivity index (χ1) is 12.2. The Morgan fingerprint density at radius 3 is 2.44 bits per heavy atom. The van der Waals surface area contributed by atoms with Crippen molar-refractivity contribution in [3.8, 4) is 0 Å². The number of hydrogen-bond acceptors (Lipinski definition) is 2. The van der Waals surface area contributed by atoms with Crippen LogP contribution in [-0.4, -0.2) is 24.4 Å². The number of para-hydroxylation sites is 1. The lowest BCUT2D eigenvalue weighted by atomic mass is 9.97. The summed E-state index contributed by atoms with van der Waals surface area (Å²) in [5, 5.41) is 3.00. The molecule has 4 rings (SSSR count). The average molecular weight is 334 g/mol. The second-order valence-electron chi connectivity index (χ2n) is 7.06. The minimum atomic E-state index is 0.0142. The average Bonchev–Trinajstić information content (AvgIpc) is 3.37. The van der Waals surface area contributed by atoms with Crippen LogP contribution in [0.1, 0.15) is 35.2 Å². The van der Waals surface area contributed by atoms with Crippen LogP contribution in [0.15, 0.2) is 54.6 Å². The zero-order valence-electron chi connectivity index (χ0n) is 14.2. The highest BCUT2D eigenvalue weighted by molar-refractivity contribution is 5.96. The number of carbonyl (C=O) groups is 2. The van der Waals surface area contributed by atoms with Gasteiger partial charge >= 0.3 is 0 Å². The van der Waals surface area contributed by atoms with Gasteiger partial charge in [0.25, 0.3) is 5.91 Å². The maximum atomic E-state index is 12.3. The van der Waals surface area contributed by atoms with Crippen molar-refractivity contribution >= 4 is 17.5 Å². The highest BCUT2D eigenvalue weighted by Crippen LogP contribution is 2.27. The molecule has 0 unspecified atom stereocenters. The van der Waals surface area contributed by atoms with Gasteiger partial charge in [-0.05, 0) is 55.0 Å². The fourth-order valence-electron chi connectivity index (χ4n) is 3.40. The molecule has 4 heteroatoms. The molecule has 1 saturated heterocycles. The molecule has 0 bridgehead atoms. The van der Waals surface area contributed by atoms with Gasteiger partial charge in [0.2, 0.25) is 5.91 Å². The Kier molecular flexibility index (Phi) is 4.26. The lowest BCUT2D eigenvalue weighted by Crippen LogP contribution is -2.25. The molecule has 2 aromatic rings. The Balaban J connectivity index is 1.37. The predicted molar refractivity (Wildman–Crippen MR) is 97.5 cm³/mol. The van der Waals surface area contributed by atoms with E-state index in [0.717, 1.165) is 31.5 Å². The van der Waals surface area contributed by atoms with Gasteiger partial charge in [-0.3, -0.25) is 9.59 Å². The Hall–Kier alpha value is -2.62. The van der Waals surface area contributed by atoms with Gasteiger partial charge in [0, 0.05) is 30.3 Å². The van der Waals surface area contributed by atoms with E-state index in [1.165, 1.54) is 5.56 Å². The van der Waals surface area contributed by atoms with Crippen molar-refractivity contribution in [2.75, 3.05) is 11.4 Å². The maximum Gasteiger partial charge on any atom is 0.251 e. The largest absolute Gasteiger partial charge is 0.349 e. The fraction of sp³-hybridized carbons (Fsp3) is 0.333. The van der Waals surface area contributed by atoms with Crippen molar-refractivity contribution in [1.29, 1.82) is 0 Å². The van der Waals surface area contributed by atoms with Gasteiger partial charge in [0.05, 0.1) is 0 Å². The van der Waals surface area contributed by atoms with Gasteiger partial charge < -0.3 is 10.2 Å². The lowest BCUT2D eigenvalue weighted by molar-refractivity contribution is -0.117. The number of anilines is 1. The lowest BCUT2D eigenvalue weighted by Gasteiger charge is -2.16. The Morgan fingerprint density at radius 1 is 1.04 bits per heavy atom. The molecular weight excluding hydrogens is 312 g/mol. The quantitative estimate of drug-likeness (QED) is 0.913. The highest BCUT2D eigenvalue weighted by Gasteiger charge is 2.30. The summed E-state index contributed by atoms with van der Waals surface area (Å²) < 4.78 is 0. The molecule has 2 amide bonds.